The number of hydrogen-bond donors (Lipinski definition) is 1. The number of aliphatic imine (C=N–C) groups is 1. The average molecular weight is 237 g/mol. The summed E-state index contributed by atoms with van der Waals surface area (Å²) in [6.07, 6.45) is 6.80. The van der Waals surface area contributed by atoms with Crippen molar-refractivity contribution in [1.82, 2.24) is 4.98 Å². The number of thiazole rings is 1. The lowest BCUT2D eigenvalue weighted by atomic mass is 10.0. The van der Waals surface area contributed by atoms with Gasteiger partial charge in [-0.25, -0.2) is 4.98 Å². The van der Waals surface area contributed by atoms with Crippen LogP contribution in [0.5, 0.6) is 0 Å². The van der Waals surface area contributed by atoms with E-state index in [1.807, 2.05) is 11.6 Å². The highest BCUT2D eigenvalue weighted by atomic mass is 32.1. The van der Waals surface area contributed by atoms with Crippen molar-refractivity contribution in [2.24, 2.45) is 16.6 Å². The van der Waals surface area contributed by atoms with Crippen molar-refractivity contribution in [3.63, 3.8) is 0 Å². The van der Waals surface area contributed by atoms with Crippen LogP contribution in [0.1, 0.15) is 44.5 Å². The first kappa shape index (κ1) is 11.6. The second-order valence-electron chi connectivity index (χ2n) is 4.91. The summed E-state index contributed by atoms with van der Waals surface area (Å²) in [6.45, 7) is 4.15. The van der Waals surface area contributed by atoms with Crippen LogP contribution < -0.4 is 5.73 Å². The lowest BCUT2D eigenvalue weighted by Gasteiger charge is -2.19. The molecular formula is C12H19N3S. The van der Waals surface area contributed by atoms with Gasteiger partial charge in [0.25, 0.3) is 0 Å². The third-order valence-electron chi connectivity index (χ3n) is 3.14. The Kier molecular flexibility index (Phi) is 3.28. The van der Waals surface area contributed by atoms with Gasteiger partial charge in [0, 0.05) is 17.5 Å². The van der Waals surface area contributed by atoms with Gasteiger partial charge in [0.1, 0.15) is 10.5 Å². The summed E-state index contributed by atoms with van der Waals surface area (Å²) < 4.78 is 0. The lowest BCUT2D eigenvalue weighted by Crippen LogP contribution is -2.27. The van der Waals surface area contributed by atoms with Gasteiger partial charge in [-0.15, -0.1) is 11.3 Å². The fourth-order valence-electron chi connectivity index (χ4n) is 2.21. The number of hydrogen-bond acceptors (Lipinski definition) is 3. The SMILES string of the molecule is CC(C)(N=C(N)C1CCCC1)c1nccs1. The predicted molar refractivity (Wildman–Crippen MR) is 68.7 cm³/mol. The molecule has 0 aromatic carbocycles. The molecule has 0 aliphatic heterocycles. The Morgan fingerprint density at radius 1 is 1.50 bits per heavy atom. The van der Waals surface area contributed by atoms with Crippen LogP contribution in [0.15, 0.2) is 16.6 Å². The quantitative estimate of drug-likeness (QED) is 0.649. The van der Waals surface area contributed by atoms with Gasteiger partial charge in [0.05, 0.1) is 5.84 Å². The second-order valence-corrected chi connectivity index (χ2v) is 5.81. The van der Waals surface area contributed by atoms with E-state index in [0.717, 1.165) is 10.8 Å². The van der Waals surface area contributed by atoms with Gasteiger partial charge < -0.3 is 5.73 Å². The molecule has 0 spiro atoms. The smallest absolute Gasteiger partial charge is 0.120 e. The average Bonchev–Trinajstić information content (AvgIpc) is 2.91. The summed E-state index contributed by atoms with van der Waals surface area (Å²) in [6, 6.07) is 0. The van der Waals surface area contributed by atoms with Gasteiger partial charge in [-0.2, -0.15) is 0 Å². The molecule has 3 nitrogen and oxygen atoms in total. The number of amidine groups is 1. The topological polar surface area (TPSA) is 51.3 Å². The van der Waals surface area contributed by atoms with Gasteiger partial charge in [-0.05, 0) is 26.7 Å². The van der Waals surface area contributed by atoms with Crippen LogP contribution in [0.4, 0.5) is 0 Å². The van der Waals surface area contributed by atoms with Crippen LogP contribution in [0.25, 0.3) is 0 Å². The van der Waals surface area contributed by atoms with Crippen LogP contribution in [0, 0.1) is 5.92 Å². The van der Waals surface area contributed by atoms with Crippen LogP contribution in [0.2, 0.25) is 0 Å². The van der Waals surface area contributed by atoms with Crippen LogP contribution >= 0.6 is 11.3 Å². The molecule has 0 amide bonds. The Morgan fingerprint density at radius 3 is 2.75 bits per heavy atom. The largest absolute Gasteiger partial charge is 0.387 e. The van der Waals surface area contributed by atoms with Gasteiger partial charge in [0.15, 0.2) is 0 Å². The van der Waals surface area contributed by atoms with Crippen molar-refractivity contribution in [2.45, 2.75) is 45.1 Å². The second kappa shape index (κ2) is 4.53. The summed E-state index contributed by atoms with van der Waals surface area (Å²) >= 11 is 1.64. The fraction of sp³-hybridized carbons (Fsp3) is 0.667. The molecule has 1 aromatic heterocycles. The van der Waals surface area contributed by atoms with Crippen LogP contribution in [0.3, 0.4) is 0 Å². The minimum atomic E-state index is -0.277. The lowest BCUT2D eigenvalue weighted by molar-refractivity contribution is 0.543. The fourth-order valence-corrected chi connectivity index (χ4v) is 2.92. The third kappa shape index (κ3) is 2.43. The maximum absolute atomic E-state index is 6.10. The maximum atomic E-state index is 6.10. The molecule has 2 rings (SSSR count). The molecule has 2 N–H and O–H groups in total. The summed E-state index contributed by atoms with van der Waals surface area (Å²) in [5, 5.41) is 3.02. The number of aromatic nitrogens is 1. The summed E-state index contributed by atoms with van der Waals surface area (Å²) in [5.74, 6) is 1.32. The van der Waals surface area contributed by atoms with E-state index in [2.05, 4.69) is 23.8 Å². The Hall–Kier alpha value is -0.900. The van der Waals surface area contributed by atoms with E-state index in [1.165, 1.54) is 25.7 Å². The molecule has 1 fully saturated rings. The molecule has 0 atom stereocenters. The first-order valence-electron chi connectivity index (χ1n) is 5.85. The summed E-state index contributed by atoms with van der Waals surface area (Å²) in [4.78, 5) is 9.00. The van der Waals surface area contributed by atoms with E-state index in [4.69, 9.17) is 5.73 Å². The normalized spacial score (nSPS) is 19.2. The zero-order chi connectivity index (χ0) is 11.6. The molecule has 1 aliphatic rings. The maximum Gasteiger partial charge on any atom is 0.120 e. The van der Waals surface area contributed by atoms with Crippen molar-refractivity contribution in [2.75, 3.05) is 0 Å². The number of rotatable bonds is 3. The third-order valence-corrected chi connectivity index (χ3v) is 4.22. The molecule has 1 heterocycles. The van der Waals surface area contributed by atoms with Crippen molar-refractivity contribution in [3.8, 4) is 0 Å². The molecule has 4 heteroatoms. The zero-order valence-corrected chi connectivity index (χ0v) is 10.8. The number of nitrogens with zero attached hydrogens (tertiary/aromatic N) is 2. The molecule has 1 aliphatic carbocycles. The molecule has 88 valence electrons. The molecule has 0 saturated heterocycles. The highest BCUT2D eigenvalue weighted by Gasteiger charge is 2.26. The predicted octanol–water partition coefficient (Wildman–Crippen LogP) is 2.93. The first-order valence-corrected chi connectivity index (χ1v) is 6.73. The van der Waals surface area contributed by atoms with Crippen molar-refractivity contribution >= 4 is 17.2 Å². The molecule has 0 unspecified atom stereocenters. The van der Waals surface area contributed by atoms with E-state index in [9.17, 15) is 0 Å². The van der Waals surface area contributed by atoms with E-state index >= 15 is 0 Å². The van der Waals surface area contributed by atoms with Crippen LogP contribution in [-0.2, 0) is 5.54 Å². The van der Waals surface area contributed by atoms with Gasteiger partial charge in [0.2, 0.25) is 0 Å². The Morgan fingerprint density at radius 2 is 2.19 bits per heavy atom. The molecule has 1 saturated carbocycles. The van der Waals surface area contributed by atoms with E-state index in [0.29, 0.717) is 5.92 Å². The molecule has 1 aromatic rings. The van der Waals surface area contributed by atoms with Crippen molar-refractivity contribution in [3.05, 3.63) is 16.6 Å². The Labute approximate surface area is 101 Å². The molecule has 0 bridgehead atoms. The monoisotopic (exact) mass is 237 g/mol. The minimum absolute atomic E-state index is 0.277. The molecule has 0 radical (unpaired) electrons. The number of nitrogens with two attached hydrogens (primary N) is 1. The molecular weight excluding hydrogens is 218 g/mol. The molecule has 16 heavy (non-hydrogen) atoms. The van der Waals surface area contributed by atoms with Crippen LogP contribution in [-0.4, -0.2) is 10.8 Å². The van der Waals surface area contributed by atoms with Crippen molar-refractivity contribution in [1.29, 1.82) is 0 Å². The van der Waals surface area contributed by atoms with Gasteiger partial charge in [-0.1, -0.05) is 12.8 Å². The van der Waals surface area contributed by atoms with E-state index in [-0.39, 0.29) is 5.54 Å². The van der Waals surface area contributed by atoms with Gasteiger partial charge in [-0.3, -0.25) is 4.99 Å². The Bertz CT molecular complexity index is 362. The van der Waals surface area contributed by atoms with E-state index in [1.54, 1.807) is 11.3 Å². The standard InChI is InChI=1S/C12H19N3S/c1-12(2,11-14-7-8-16-11)15-10(13)9-5-3-4-6-9/h7-9H,3-6H2,1-2H3,(H2,13,15). The van der Waals surface area contributed by atoms with E-state index < -0.39 is 0 Å². The first-order chi connectivity index (χ1) is 7.59. The highest BCUT2D eigenvalue weighted by Crippen LogP contribution is 2.30. The zero-order valence-electron chi connectivity index (χ0n) is 9.94. The highest BCUT2D eigenvalue weighted by molar-refractivity contribution is 7.09. The summed E-state index contributed by atoms with van der Waals surface area (Å²) in [7, 11) is 0. The minimum Gasteiger partial charge on any atom is -0.387 e. The summed E-state index contributed by atoms with van der Waals surface area (Å²) in [5.41, 5.74) is 5.82. The van der Waals surface area contributed by atoms with Gasteiger partial charge >= 0.3 is 0 Å². The van der Waals surface area contributed by atoms with Crippen molar-refractivity contribution < 1.29 is 0 Å². The Balaban J connectivity index is 2.15.